The number of piperazine rings is 1. The van der Waals surface area contributed by atoms with Crippen LogP contribution in [0, 0.1) is 5.92 Å². The molecule has 2 aliphatic rings. The Balaban J connectivity index is 1.69. The zero-order valence-corrected chi connectivity index (χ0v) is 16.2. The van der Waals surface area contributed by atoms with E-state index in [0.717, 1.165) is 31.6 Å². The van der Waals surface area contributed by atoms with E-state index in [1.807, 2.05) is 24.0 Å². The lowest BCUT2D eigenvalue weighted by molar-refractivity contribution is -0.134. The van der Waals surface area contributed by atoms with E-state index in [9.17, 15) is 9.59 Å². The van der Waals surface area contributed by atoms with Gasteiger partial charge in [0.15, 0.2) is 0 Å². The van der Waals surface area contributed by atoms with Gasteiger partial charge in [-0.2, -0.15) is 0 Å². The molecular weight excluding hydrogens is 350 g/mol. The number of rotatable bonds is 5. The molecule has 1 N–H and O–H groups in total. The number of carbonyl (C=O) groups is 2. The second-order valence-electron chi connectivity index (χ2n) is 7.26. The van der Waals surface area contributed by atoms with Crippen molar-refractivity contribution in [2.45, 2.75) is 45.1 Å². The molecule has 0 bridgehead atoms. The Kier molecular flexibility index (Phi) is 6.54. The minimum absolute atomic E-state index is 0.0504. The van der Waals surface area contributed by atoms with Crippen molar-refractivity contribution >= 4 is 29.1 Å². The van der Waals surface area contributed by atoms with Gasteiger partial charge in [0.2, 0.25) is 11.8 Å². The molecule has 142 valence electrons. The van der Waals surface area contributed by atoms with E-state index < -0.39 is 0 Å². The highest BCUT2D eigenvalue weighted by Gasteiger charge is 2.37. The van der Waals surface area contributed by atoms with Crippen molar-refractivity contribution in [1.82, 2.24) is 9.80 Å². The van der Waals surface area contributed by atoms with Gasteiger partial charge in [-0.1, -0.05) is 37.4 Å². The van der Waals surface area contributed by atoms with Crippen LogP contribution in [-0.4, -0.2) is 53.8 Å². The fourth-order valence-corrected chi connectivity index (χ4v) is 4.40. The summed E-state index contributed by atoms with van der Waals surface area (Å²) in [6, 6.07) is 7.17. The molecular formula is C20H28ClN3O2. The monoisotopic (exact) mass is 377 g/mol. The predicted octanol–water partition coefficient (Wildman–Crippen LogP) is 3.39. The van der Waals surface area contributed by atoms with Crippen LogP contribution in [0.15, 0.2) is 24.3 Å². The van der Waals surface area contributed by atoms with Crippen molar-refractivity contribution in [3.05, 3.63) is 29.3 Å². The van der Waals surface area contributed by atoms with Gasteiger partial charge >= 0.3 is 0 Å². The Morgan fingerprint density at radius 3 is 2.50 bits per heavy atom. The van der Waals surface area contributed by atoms with Gasteiger partial charge < -0.3 is 10.2 Å². The first-order valence-corrected chi connectivity index (χ1v) is 10.0. The van der Waals surface area contributed by atoms with Crippen molar-refractivity contribution in [2.24, 2.45) is 5.92 Å². The molecule has 26 heavy (non-hydrogen) atoms. The summed E-state index contributed by atoms with van der Waals surface area (Å²) in [6.45, 7) is 4.83. The number of anilines is 1. The van der Waals surface area contributed by atoms with Gasteiger partial charge in [-0.3, -0.25) is 14.5 Å². The number of halogens is 1. The fraction of sp³-hybridized carbons (Fsp3) is 0.600. The first-order chi connectivity index (χ1) is 12.6. The van der Waals surface area contributed by atoms with Crippen LogP contribution in [0.3, 0.4) is 0 Å². The highest BCUT2D eigenvalue weighted by molar-refractivity contribution is 6.30. The van der Waals surface area contributed by atoms with Crippen LogP contribution in [0.2, 0.25) is 5.02 Å². The molecule has 1 aliphatic heterocycles. The summed E-state index contributed by atoms with van der Waals surface area (Å²) in [4.78, 5) is 29.2. The van der Waals surface area contributed by atoms with Crippen LogP contribution in [0.5, 0.6) is 0 Å². The van der Waals surface area contributed by atoms with E-state index in [1.165, 1.54) is 12.8 Å². The first-order valence-electron chi connectivity index (χ1n) is 9.66. The van der Waals surface area contributed by atoms with E-state index >= 15 is 0 Å². The molecule has 3 rings (SSSR count). The van der Waals surface area contributed by atoms with E-state index in [1.54, 1.807) is 12.1 Å². The van der Waals surface area contributed by atoms with Crippen LogP contribution in [0.4, 0.5) is 5.69 Å². The minimum Gasteiger partial charge on any atom is -0.340 e. The third-order valence-corrected chi connectivity index (χ3v) is 5.81. The average molecular weight is 378 g/mol. The van der Waals surface area contributed by atoms with E-state index in [4.69, 9.17) is 11.6 Å². The summed E-state index contributed by atoms with van der Waals surface area (Å²) >= 11 is 6.04. The fourth-order valence-electron chi connectivity index (χ4n) is 4.21. The minimum atomic E-state index is -0.129. The maximum atomic E-state index is 13.1. The molecule has 2 amide bonds. The first kappa shape index (κ1) is 19.2. The molecule has 1 heterocycles. The normalized spacial score (nSPS) is 20.2. The quantitative estimate of drug-likeness (QED) is 0.855. The summed E-state index contributed by atoms with van der Waals surface area (Å²) in [5.41, 5.74) is 0.741. The van der Waals surface area contributed by atoms with Gasteiger partial charge in [-0.05, 0) is 37.0 Å². The highest BCUT2D eigenvalue weighted by atomic mass is 35.5. The topological polar surface area (TPSA) is 52.7 Å². The molecule has 0 aromatic heterocycles. The molecule has 1 aromatic rings. The molecule has 0 spiro atoms. The Labute approximate surface area is 160 Å². The standard InChI is InChI=1S/C20H28ClN3O2/c1-2-18(25)23-10-12-24(13-11-23)19(15-6-3-4-7-15)20(26)22-17-9-5-8-16(21)14-17/h5,8-9,14-15,19H,2-4,6-7,10-13H2,1H3,(H,22,26). The molecule has 1 aromatic carbocycles. The molecule has 1 unspecified atom stereocenters. The molecule has 1 saturated heterocycles. The third kappa shape index (κ3) is 4.57. The molecule has 2 fully saturated rings. The Bertz CT molecular complexity index is 638. The largest absolute Gasteiger partial charge is 0.340 e. The summed E-state index contributed by atoms with van der Waals surface area (Å²) in [5.74, 6) is 0.641. The van der Waals surface area contributed by atoms with Gasteiger partial charge in [-0.15, -0.1) is 0 Å². The summed E-state index contributed by atoms with van der Waals surface area (Å²) in [7, 11) is 0. The van der Waals surface area contributed by atoms with Gasteiger partial charge in [0.05, 0.1) is 6.04 Å². The second kappa shape index (κ2) is 8.87. The maximum absolute atomic E-state index is 13.1. The third-order valence-electron chi connectivity index (χ3n) is 5.57. The maximum Gasteiger partial charge on any atom is 0.242 e. The lowest BCUT2D eigenvalue weighted by atomic mass is 9.95. The Morgan fingerprint density at radius 2 is 1.88 bits per heavy atom. The van der Waals surface area contributed by atoms with E-state index in [0.29, 0.717) is 30.5 Å². The van der Waals surface area contributed by atoms with Crippen LogP contribution in [0.25, 0.3) is 0 Å². The molecule has 6 heteroatoms. The predicted molar refractivity (Wildman–Crippen MR) is 104 cm³/mol. The number of amides is 2. The van der Waals surface area contributed by atoms with Crippen molar-refractivity contribution in [3.8, 4) is 0 Å². The number of nitrogens with one attached hydrogen (secondary N) is 1. The van der Waals surface area contributed by atoms with Gasteiger partial charge in [0.25, 0.3) is 0 Å². The number of nitrogens with zero attached hydrogens (tertiary/aromatic N) is 2. The summed E-state index contributed by atoms with van der Waals surface area (Å²) in [5, 5.41) is 3.67. The Hall–Kier alpha value is -1.59. The SMILES string of the molecule is CCC(=O)N1CCN(C(C(=O)Nc2cccc(Cl)c2)C2CCCC2)CC1. The van der Waals surface area contributed by atoms with Gasteiger partial charge in [0.1, 0.15) is 0 Å². The summed E-state index contributed by atoms with van der Waals surface area (Å²) in [6.07, 6.45) is 5.13. The second-order valence-corrected chi connectivity index (χ2v) is 7.70. The van der Waals surface area contributed by atoms with E-state index in [2.05, 4.69) is 10.2 Å². The van der Waals surface area contributed by atoms with Gasteiger partial charge in [0, 0.05) is 43.3 Å². The zero-order chi connectivity index (χ0) is 18.5. The Morgan fingerprint density at radius 1 is 1.19 bits per heavy atom. The van der Waals surface area contributed by atoms with Crippen LogP contribution in [-0.2, 0) is 9.59 Å². The van der Waals surface area contributed by atoms with Crippen molar-refractivity contribution in [1.29, 1.82) is 0 Å². The smallest absolute Gasteiger partial charge is 0.242 e. The average Bonchev–Trinajstić information content (AvgIpc) is 3.16. The van der Waals surface area contributed by atoms with Crippen molar-refractivity contribution < 1.29 is 9.59 Å². The number of benzene rings is 1. The summed E-state index contributed by atoms with van der Waals surface area (Å²) < 4.78 is 0. The molecule has 1 atom stereocenters. The molecule has 1 saturated carbocycles. The van der Waals surface area contributed by atoms with E-state index in [-0.39, 0.29) is 17.9 Å². The van der Waals surface area contributed by atoms with Crippen LogP contribution >= 0.6 is 11.6 Å². The van der Waals surface area contributed by atoms with Crippen molar-refractivity contribution in [3.63, 3.8) is 0 Å². The number of hydrogen-bond acceptors (Lipinski definition) is 3. The lowest BCUT2D eigenvalue weighted by Gasteiger charge is -2.40. The molecule has 1 aliphatic carbocycles. The molecule has 5 nitrogen and oxygen atoms in total. The lowest BCUT2D eigenvalue weighted by Crippen LogP contribution is -2.56. The van der Waals surface area contributed by atoms with Crippen LogP contribution < -0.4 is 5.32 Å². The number of hydrogen-bond donors (Lipinski definition) is 1. The number of carbonyl (C=O) groups excluding carboxylic acids is 2. The highest BCUT2D eigenvalue weighted by Crippen LogP contribution is 2.32. The van der Waals surface area contributed by atoms with Crippen LogP contribution in [0.1, 0.15) is 39.0 Å². The zero-order valence-electron chi connectivity index (χ0n) is 15.4. The molecule has 0 radical (unpaired) electrons. The van der Waals surface area contributed by atoms with Gasteiger partial charge in [-0.25, -0.2) is 0 Å². The van der Waals surface area contributed by atoms with Crippen molar-refractivity contribution in [2.75, 3.05) is 31.5 Å².